The molecule has 1 aliphatic rings. The van der Waals surface area contributed by atoms with Gasteiger partial charge in [0.25, 0.3) is 5.91 Å². The summed E-state index contributed by atoms with van der Waals surface area (Å²) in [7, 11) is 0. The molecule has 0 spiro atoms. The molecule has 3 aromatic rings. The van der Waals surface area contributed by atoms with Crippen molar-refractivity contribution in [1.82, 2.24) is 4.98 Å². The lowest BCUT2D eigenvalue weighted by molar-refractivity contribution is -0.110. The third kappa shape index (κ3) is 3.98. The summed E-state index contributed by atoms with van der Waals surface area (Å²) in [5.74, 6) is -0.0866. The molecule has 0 saturated heterocycles. The first-order valence-corrected chi connectivity index (χ1v) is 8.91. The highest BCUT2D eigenvalue weighted by atomic mass is 16.2. The van der Waals surface area contributed by atoms with E-state index in [1.807, 2.05) is 72.9 Å². The van der Waals surface area contributed by atoms with Gasteiger partial charge in [0.2, 0.25) is 0 Å². The molecule has 4 rings (SSSR count). The highest BCUT2D eigenvalue weighted by Gasteiger charge is 2.23. The number of pyridine rings is 1. The zero-order valence-electron chi connectivity index (χ0n) is 14.8. The minimum absolute atomic E-state index is 0.0866. The molecule has 0 radical (unpaired) electrons. The average Bonchev–Trinajstić information content (AvgIpc) is 3.03. The van der Waals surface area contributed by atoms with Crippen LogP contribution in [-0.4, -0.2) is 17.4 Å². The molecule has 1 amide bonds. The van der Waals surface area contributed by atoms with Gasteiger partial charge in [-0.2, -0.15) is 0 Å². The Hall–Kier alpha value is -3.60. The largest absolute Gasteiger partial charge is 0.385 e. The third-order valence-corrected chi connectivity index (χ3v) is 4.41. The van der Waals surface area contributed by atoms with Crippen LogP contribution in [0.15, 0.2) is 79.1 Å². The van der Waals surface area contributed by atoms with E-state index in [-0.39, 0.29) is 5.91 Å². The summed E-state index contributed by atoms with van der Waals surface area (Å²) in [5.41, 5.74) is 5.46. The topological polar surface area (TPSA) is 66.1 Å². The molecule has 0 fully saturated rings. The minimum atomic E-state index is -0.0866. The number of nitrogens with zero attached hydrogens (tertiary/aromatic N) is 1. The highest BCUT2D eigenvalue weighted by molar-refractivity contribution is 6.31. The fourth-order valence-corrected chi connectivity index (χ4v) is 3.00. The number of carbonyl (C=O) groups excluding carboxylic acids is 1. The lowest BCUT2D eigenvalue weighted by Gasteiger charge is -2.08. The standard InChI is InChI=1S/C22H20N4O/c27-22-20(19-6-1-2-7-21(19)26-22)15-25-18-10-8-17(9-11-18)24-14-12-16-5-3-4-13-23-16/h1-11,13,15,24-25H,12,14H2,(H,26,27). The molecule has 0 saturated carbocycles. The maximum atomic E-state index is 12.1. The van der Waals surface area contributed by atoms with E-state index in [9.17, 15) is 4.79 Å². The van der Waals surface area contributed by atoms with Crippen LogP contribution in [-0.2, 0) is 11.2 Å². The smallest absolute Gasteiger partial charge is 0.257 e. The van der Waals surface area contributed by atoms with Crippen LogP contribution in [0.2, 0.25) is 0 Å². The lowest BCUT2D eigenvalue weighted by Crippen LogP contribution is -2.06. The first kappa shape index (κ1) is 16.8. The maximum absolute atomic E-state index is 12.1. The SMILES string of the molecule is O=C1Nc2ccccc2C1=CNc1ccc(NCCc2ccccn2)cc1. The second-order valence-electron chi connectivity index (χ2n) is 6.28. The number of rotatable bonds is 6. The predicted molar refractivity (Wildman–Crippen MR) is 110 cm³/mol. The Labute approximate surface area is 158 Å². The Balaban J connectivity index is 1.35. The molecule has 0 aliphatic carbocycles. The van der Waals surface area contributed by atoms with Crippen LogP contribution < -0.4 is 16.0 Å². The van der Waals surface area contributed by atoms with Crippen LogP contribution in [0.5, 0.6) is 0 Å². The van der Waals surface area contributed by atoms with Crippen molar-refractivity contribution in [2.24, 2.45) is 0 Å². The number of para-hydroxylation sites is 1. The summed E-state index contributed by atoms with van der Waals surface area (Å²) in [4.78, 5) is 16.4. The number of fused-ring (bicyclic) bond motifs is 1. The molecule has 2 aromatic carbocycles. The van der Waals surface area contributed by atoms with Crippen LogP contribution in [0.25, 0.3) is 5.57 Å². The van der Waals surface area contributed by atoms with Crippen molar-refractivity contribution in [3.05, 3.63) is 90.4 Å². The van der Waals surface area contributed by atoms with Crippen molar-refractivity contribution in [1.29, 1.82) is 0 Å². The first-order valence-electron chi connectivity index (χ1n) is 8.91. The van der Waals surface area contributed by atoms with Gasteiger partial charge < -0.3 is 16.0 Å². The van der Waals surface area contributed by atoms with Gasteiger partial charge >= 0.3 is 0 Å². The van der Waals surface area contributed by atoms with Crippen LogP contribution in [0.4, 0.5) is 17.1 Å². The van der Waals surface area contributed by atoms with E-state index in [4.69, 9.17) is 0 Å². The first-order chi connectivity index (χ1) is 13.3. The summed E-state index contributed by atoms with van der Waals surface area (Å²) in [5, 5.41) is 9.46. The quantitative estimate of drug-likeness (QED) is 0.581. The Morgan fingerprint density at radius 2 is 1.70 bits per heavy atom. The number of hydrogen-bond donors (Lipinski definition) is 3. The molecule has 5 heteroatoms. The Morgan fingerprint density at radius 1 is 0.926 bits per heavy atom. The van der Waals surface area contributed by atoms with Crippen LogP contribution in [0, 0.1) is 0 Å². The molecule has 0 unspecified atom stereocenters. The summed E-state index contributed by atoms with van der Waals surface area (Å²) in [6.07, 6.45) is 4.44. The van der Waals surface area contributed by atoms with Gasteiger partial charge in [-0.3, -0.25) is 9.78 Å². The number of nitrogens with one attached hydrogen (secondary N) is 3. The van der Waals surface area contributed by atoms with E-state index in [0.29, 0.717) is 5.57 Å². The van der Waals surface area contributed by atoms with Crippen LogP contribution in [0.1, 0.15) is 11.3 Å². The number of benzene rings is 2. The van der Waals surface area contributed by atoms with Crippen molar-refractivity contribution in [2.45, 2.75) is 6.42 Å². The molecule has 27 heavy (non-hydrogen) atoms. The molecular formula is C22H20N4O. The van der Waals surface area contributed by atoms with Gasteiger partial charge in [-0.15, -0.1) is 0 Å². The fourth-order valence-electron chi connectivity index (χ4n) is 3.00. The van der Waals surface area contributed by atoms with E-state index in [0.717, 1.165) is 41.3 Å². The molecule has 134 valence electrons. The van der Waals surface area contributed by atoms with Crippen LogP contribution in [0.3, 0.4) is 0 Å². The van der Waals surface area contributed by atoms with E-state index >= 15 is 0 Å². The third-order valence-electron chi connectivity index (χ3n) is 4.41. The zero-order valence-corrected chi connectivity index (χ0v) is 14.8. The van der Waals surface area contributed by atoms with Crippen molar-refractivity contribution in [3.8, 4) is 0 Å². The molecule has 5 nitrogen and oxygen atoms in total. The minimum Gasteiger partial charge on any atom is -0.385 e. The van der Waals surface area contributed by atoms with Gasteiger partial charge in [0.15, 0.2) is 0 Å². The lowest BCUT2D eigenvalue weighted by atomic mass is 10.1. The zero-order chi connectivity index (χ0) is 18.5. The number of carbonyl (C=O) groups is 1. The summed E-state index contributed by atoms with van der Waals surface area (Å²) < 4.78 is 0. The van der Waals surface area contributed by atoms with E-state index in [1.54, 1.807) is 6.20 Å². The van der Waals surface area contributed by atoms with Crippen molar-refractivity contribution < 1.29 is 4.79 Å². The Morgan fingerprint density at radius 3 is 2.52 bits per heavy atom. The van der Waals surface area contributed by atoms with Gasteiger partial charge in [-0.05, 0) is 42.5 Å². The second-order valence-corrected chi connectivity index (χ2v) is 6.28. The van der Waals surface area contributed by atoms with Crippen LogP contribution >= 0.6 is 0 Å². The van der Waals surface area contributed by atoms with Gasteiger partial charge in [-0.1, -0.05) is 24.3 Å². The van der Waals surface area contributed by atoms with Gasteiger partial charge in [0, 0.05) is 53.7 Å². The number of aromatic nitrogens is 1. The molecule has 2 heterocycles. The van der Waals surface area contributed by atoms with Gasteiger partial charge in [0.05, 0.1) is 5.57 Å². The van der Waals surface area contributed by atoms with Gasteiger partial charge in [0.1, 0.15) is 0 Å². The summed E-state index contributed by atoms with van der Waals surface area (Å²) in [6.45, 7) is 0.824. The predicted octanol–water partition coefficient (Wildman–Crippen LogP) is 4.14. The van der Waals surface area contributed by atoms with E-state index in [1.165, 1.54) is 0 Å². The monoisotopic (exact) mass is 356 g/mol. The van der Waals surface area contributed by atoms with Crippen molar-refractivity contribution in [2.75, 3.05) is 22.5 Å². The summed E-state index contributed by atoms with van der Waals surface area (Å²) >= 11 is 0. The van der Waals surface area contributed by atoms with Gasteiger partial charge in [-0.25, -0.2) is 0 Å². The fraction of sp³-hybridized carbons (Fsp3) is 0.0909. The molecular weight excluding hydrogens is 336 g/mol. The molecule has 1 aromatic heterocycles. The number of amides is 1. The number of hydrogen-bond acceptors (Lipinski definition) is 4. The van der Waals surface area contributed by atoms with E-state index in [2.05, 4.69) is 20.9 Å². The molecule has 0 bridgehead atoms. The maximum Gasteiger partial charge on any atom is 0.257 e. The second kappa shape index (κ2) is 7.74. The Bertz CT molecular complexity index is 965. The highest BCUT2D eigenvalue weighted by Crippen LogP contribution is 2.31. The van der Waals surface area contributed by atoms with Crippen molar-refractivity contribution in [3.63, 3.8) is 0 Å². The molecule has 3 N–H and O–H groups in total. The Kier molecular flexibility index (Phi) is 4.83. The number of anilines is 3. The molecule has 1 aliphatic heterocycles. The molecule has 0 atom stereocenters. The van der Waals surface area contributed by atoms with E-state index < -0.39 is 0 Å². The van der Waals surface area contributed by atoms with Crippen molar-refractivity contribution >= 4 is 28.5 Å². The normalized spacial score (nSPS) is 13.9. The summed E-state index contributed by atoms with van der Waals surface area (Å²) in [6, 6.07) is 21.6. The average molecular weight is 356 g/mol.